The van der Waals surface area contributed by atoms with Gasteiger partial charge in [0.25, 0.3) is 0 Å². The van der Waals surface area contributed by atoms with Gasteiger partial charge in [0.15, 0.2) is 0 Å². The van der Waals surface area contributed by atoms with Crippen LogP contribution in [-0.4, -0.2) is 82.0 Å². The van der Waals surface area contributed by atoms with Crippen LogP contribution >= 0.6 is 11.6 Å². The molecule has 0 spiro atoms. The summed E-state index contributed by atoms with van der Waals surface area (Å²) in [6, 6.07) is 10.3. The van der Waals surface area contributed by atoms with E-state index in [4.69, 9.17) is 21.1 Å². The molecule has 13 heteroatoms. The van der Waals surface area contributed by atoms with Crippen LogP contribution in [0.4, 0.5) is 14.9 Å². The number of halogens is 2. The molecule has 3 N–H and O–H groups in total. The number of methoxy groups -OCH3 is 1. The van der Waals surface area contributed by atoms with Gasteiger partial charge >= 0.3 is 6.09 Å². The summed E-state index contributed by atoms with van der Waals surface area (Å²) < 4.78 is 53.2. The number of fused-ring (bicyclic) bond motifs is 2. The number of anilines is 1. The summed E-state index contributed by atoms with van der Waals surface area (Å²) in [6.07, 6.45) is 2.09. The van der Waals surface area contributed by atoms with Crippen molar-refractivity contribution in [2.75, 3.05) is 44.5 Å². The number of amides is 2. The highest BCUT2D eigenvalue weighted by Crippen LogP contribution is 2.39. The molecule has 0 aliphatic carbocycles. The molecule has 4 atom stereocenters. The van der Waals surface area contributed by atoms with Crippen LogP contribution in [0.2, 0.25) is 5.02 Å². The first-order valence-corrected chi connectivity index (χ1v) is 16.6. The first kappa shape index (κ1) is 31.6. The van der Waals surface area contributed by atoms with E-state index in [0.29, 0.717) is 57.0 Å². The van der Waals surface area contributed by atoms with E-state index in [1.165, 1.54) is 19.2 Å². The third kappa shape index (κ3) is 6.99. The highest BCUT2D eigenvalue weighted by molar-refractivity contribution is 7.89. The monoisotopic (exact) mass is 636 g/mol. The zero-order chi connectivity index (χ0) is 30.6. The molecule has 3 fully saturated rings. The van der Waals surface area contributed by atoms with Gasteiger partial charge in [-0.2, -0.15) is 4.31 Å². The number of carbonyl (C=O) groups excluding carboxylic acids is 2. The van der Waals surface area contributed by atoms with E-state index in [9.17, 15) is 18.0 Å². The molecular formula is C30H38ClFN4O6S. The molecule has 3 aliphatic rings. The molecule has 5 rings (SSSR count). The van der Waals surface area contributed by atoms with Crippen LogP contribution in [0.5, 0.6) is 0 Å². The van der Waals surface area contributed by atoms with E-state index >= 15 is 4.39 Å². The Hall–Kier alpha value is -2.77. The molecule has 10 nitrogen and oxygen atoms in total. The molecule has 2 bridgehead atoms. The highest BCUT2D eigenvalue weighted by Gasteiger charge is 2.47. The Morgan fingerprint density at radius 3 is 2.67 bits per heavy atom. The van der Waals surface area contributed by atoms with Gasteiger partial charge in [-0.25, -0.2) is 17.6 Å². The van der Waals surface area contributed by atoms with Crippen LogP contribution in [0, 0.1) is 5.82 Å². The third-order valence-corrected chi connectivity index (χ3v) is 11.2. The van der Waals surface area contributed by atoms with Gasteiger partial charge < -0.3 is 25.4 Å². The SMILES string of the molecule is COC(=O)N[C@H](C(=O)Nc1cccc(F)c1CC[C@H]1CNC2CCCS(=O)(=O)N1C2)C1(c2ccc(Cl)cc2)CCOCC1. The van der Waals surface area contributed by atoms with Crippen LogP contribution in [0.15, 0.2) is 42.5 Å². The van der Waals surface area contributed by atoms with Crippen LogP contribution in [-0.2, 0) is 36.1 Å². The summed E-state index contributed by atoms with van der Waals surface area (Å²) >= 11 is 6.15. The van der Waals surface area contributed by atoms with E-state index < -0.39 is 39.3 Å². The van der Waals surface area contributed by atoms with E-state index in [0.717, 1.165) is 12.0 Å². The van der Waals surface area contributed by atoms with Gasteiger partial charge in [0.1, 0.15) is 11.9 Å². The fraction of sp³-hybridized carbons (Fsp3) is 0.533. The second-order valence-corrected chi connectivity index (χ2v) is 13.9. The summed E-state index contributed by atoms with van der Waals surface area (Å²) in [6.45, 7) is 1.63. The smallest absolute Gasteiger partial charge is 0.407 e. The molecule has 3 aliphatic heterocycles. The number of ether oxygens (including phenoxy) is 2. The Morgan fingerprint density at radius 2 is 1.95 bits per heavy atom. The minimum atomic E-state index is -3.40. The Kier molecular flexibility index (Phi) is 9.92. The predicted molar refractivity (Wildman–Crippen MR) is 161 cm³/mol. The highest BCUT2D eigenvalue weighted by atomic mass is 35.5. The number of alkyl carbamates (subject to hydrolysis) is 1. The van der Waals surface area contributed by atoms with Crippen molar-refractivity contribution in [2.24, 2.45) is 0 Å². The molecule has 2 unspecified atom stereocenters. The number of carbonyl (C=O) groups is 2. The van der Waals surface area contributed by atoms with E-state index in [2.05, 4.69) is 16.0 Å². The van der Waals surface area contributed by atoms with Gasteiger partial charge in [0, 0.05) is 60.1 Å². The lowest BCUT2D eigenvalue weighted by atomic mass is 9.68. The Balaban J connectivity index is 1.41. The van der Waals surface area contributed by atoms with E-state index in [-0.39, 0.29) is 35.5 Å². The molecule has 3 saturated heterocycles. The fourth-order valence-corrected chi connectivity index (χ4v) is 8.52. The number of hydrogen-bond donors (Lipinski definition) is 3. The summed E-state index contributed by atoms with van der Waals surface area (Å²) in [5.41, 5.74) is 0.493. The van der Waals surface area contributed by atoms with E-state index in [1.54, 1.807) is 22.5 Å². The molecule has 2 aromatic rings. The average Bonchev–Trinajstić information content (AvgIpc) is 3.11. The fourth-order valence-electron chi connectivity index (χ4n) is 6.58. The van der Waals surface area contributed by atoms with Gasteiger partial charge in [-0.1, -0.05) is 29.8 Å². The van der Waals surface area contributed by atoms with Crippen molar-refractivity contribution in [3.63, 3.8) is 0 Å². The zero-order valence-corrected chi connectivity index (χ0v) is 25.7. The van der Waals surface area contributed by atoms with Crippen LogP contribution < -0.4 is 16.0 Å². The predicted octanol–water partition coefficient (Wildman–Crippen LogP) is 3.59. The lowest BCUT2D eigenvalue weighted by Crippen LogP contribution is -2.58. The van der Waals surface area contributed by atoms with Gasteiger partial charge in [-0.05, 0) is 68.4 Å². The number of piperazine rings is 1. The molecule has 234 valence electrons. The number of nitrogens with zero attached hydrogens (tertiary/aromatic N) is 1. The molecule has 0 radical (unpaired) electrons. The molecule has 2 amide bonds. The minimum absolute atomic E-state index is 0.109. The lowest BCUT2D eigenvalue weighted by molar-refractivity contribution is -0.121. The number of nitrogens with one attached hydrogen (secondary N) is 3. The molecule has 0 aromatic heterocycles. The maximum Gasteiger partial charge on any atom is 0.407 e. The van der Waals surface area contributed by atoms with Crippen molar-refractivity contribution < 1.29 is 31.9 Å². The normalized spacial score (nSPS) is 25.1. The first-order chi connectivity index (χ1) is 20.6. The topological polar surface area (TPSA) is 126 Å². The van der Waals surface area contributed by atoms with Crippen molar-refractivity contribution in [3.8, 4) is 0 Å². The summed E-state index contributed by atoms with van der Waals surface area (Å²) in [5, 5.41) is 9.58. The van der Waals surface area contributed by atoms with Crippen LogP contribution in [0.3, 0.4) is 0 Å². The Morgan fingerprint density at radius 1 is 1.21 bits per heavy atom. The third-order valence-electron chi connectivity index (χ3n) is 8.93. The van der Waals surface area contributed by atoms with Gasteiger partial charge in [0.2, 0.25) is 15.9 Å². The second kappa shape index (κ2) is 13.5. The zero-order valence-electron chi connectivity index (χ0n) is 24.1. The summed E-state index contributed by atoms with van der Waals surface area (Å²) in [5.74, 6) is -0.932. The van der Waals surface area contributed by atoms with Gasteiger partial charge in [-0.15, -0.1) is 0 Å². The van der Waals surface area contributed by atoms with Crippen LogP contribution in [0.25, 0.3) is 0 Å². The minimum Gasteiger partial charge on any atom is -0.453 e. The molecule has 3 heterocycles. The molecule has 0 saturated carbocycles. The Labute approximate surface area is 256 Å². The maximum atomic E-state index is 15.3. The van der Waals surface area contributed by atoms with Crippen molar-refractivity contribution in [1.82, 2.24) is 14.9 Å². The first-order valence-electron chi connectivity index (χ1n) is 14.6. The summed E-state index contributed by atoms with van der Waals surface area (Å²) in [7, 11) is -2.18. The van der Waals surface area contributed by atoms with Crippen molar-refractivity contribution in [3.05, 3.63) is 64.4 Å². The second-order valence-electron chi connectivity index (χ2n) is 11.4. The number of benzene rings is 2. The van der Waals surface area contributed by atoms with Gasteiger partial charge in [-0.3, -0.25) is 4.79 Å². The Bertz CT molecular complexity index is 1420. The van der Waals surface area contributed by atoms with E-state index in [1.807, 2.05) is 12.1 Å². The lowest BCUT2D eigenvalue weighted by Gasteiger charge is -2.43. The number of rotatable bonds is 8. The standard InChI is InChI=1S/C30H38ClFN4O6S/c1-41-29(38)35-27(30(13-15-42-16-14-30)20-7-9-21(31)10-8-20)28(37)34-26-6-2-5-25(32)24(26)12-11-23-18-33-22-4-3-17-43(39,40)36(23)19-22/h2,5-10,22-23,27,33H,3-4,11-19H2,1H3,(H,34,37)(H,35,38)/t22?,23-,27+/m0/s1. The molecular weight excluding hydrogens is 599 g/mol. The van der Waals surface area contributed by atoms with Crippen molar-refractivity contribution in [1.29, 1.82) is 0 Å². The quantitative estimate of drug-likeness (QED) is 0.404. The molecule has 43 heavy (non-hydrogen) atoms. The largest absolute Gasteiger partial charge is 0.453 e. The molecule has 2 aromatic carbocycles. The number of sulfonamides is 1. The summed E-state index contributed by atoms with van der Waals surface area (Å²) in [4.78, 5) is 26.6. The van der Waals surface area contributed by atoms with Crippen molar-refractivity contribution in [2.45, 2.75) is 62.1 Å². The van der Waals surface area contributed by atoms with Gasteiger partial charge in [0.05, 0.1) is 12.9 Å². The van der Waals surface area contributed by atoms with Crippen LogP contribution in [0.1, 0.15) is 43.2 Å². The average molecular weight is 637 g/mol. The maximum absolute atomic E-state index is 15.3. The number of hydrogen-bond acceptors (Lipinski definition) is 7. The van der Waals surface area contributed by atoms with Crippen molar-refractivity contribution >= 4 is 39.3 Å².